The quantitative estimate of drug-likeness (QED) is 0.757. The Balaban J connectivity index is 1.87. The lowest BCUT2D eigenvalue weighted by molar-refractivity contribution is 0.530. The molecule has 0 saturated carbocycles. The fourth-order valence-electron chi connectivity index (χ4n) is 1.77. The zero-order chi connectivity index (χ0) is 13.0. The Kier molecular flexibility index (Phi) is 4.35. The van der Waals surface area contributed by atoms with Crippen molar-refractivity contribution in [2.24, 2.45) is 0 Å². The topological polar surface area (TPSA) is 13.1 Å². The number of hydrogen-bond donors (Lipinski definition) is 0. The number of hydrogen-bond acceptors (Lipinski definition) is 2. The second-order valence-electron chi connectivity index (χ2n) is 5.52. The summed E-state index contributed by atoms with van der Waals surface area (Å²) in [5.74, 6) is 3.05. The van der Waals surface area contributed by atoms with Gasteiger partial charge in [0, 0.05) is 5.75 Å². The number of thioether (sulfide) groups is 1. The van der Waals surface area contributed by atoms with Crippen LogP contribution in [0.3, 0.4) is 0 Å². The molecule has 0 bridgehead atoms. The first-order valence-corrected chi connectivity index (χ1v) is 10.9. The van der Waals surface area contributed by atoms with Crippen LogP contribution in [0, 0.1) is 0 Å². The lowest BCUT2D eigenvalue weighted by Gasteiger charge is -2.16. The summed E-state index contributed by atoms with van der Waals surface area (Å²) in [6, 6.07) is 13.1. The van der Waals surface area contributed by atoms with Gasteiger partial charge in [0.05, 0.1) is 20.1 Å². The maximum Gasteiger partial charge on any atom is 0.113 e. The predicted octanol–water partition coefficient (Wildman–Crippen LogP) is 4.26. The van der Waals surface area contributed by atoms with E-state index in [2.05, 4.69) is 43.9 Å². The van der Waals surface area contributed by atoms with E-state index in [4.69, 9.17) is 4.42 Å². The molecule has 1 nitrogen and oxygen atoms in total. The fourth-order valence-corrected chi connectivity index (χ4v) is 3.83. The van der Waals surface area contributed by atoms with Crippen molar-refractivity contribution in [1.82, 2.24) is 0 Å². The summed E-state index contributed by atoms with van der Waals surface area (Å²) in [4.78, 5) is 0. The highest BCUT2D eigenvalue weighted by molar-refractivity contribution is 7.97. The molecule has 1 aromatic heterocycles. The zero-order valence-corrected chi connectivity index (χ0v) is 13.1. The smallest absolute Gasteiger partial charge is 0.113 e. The van der Waals surface area contributed by atoms with Gasteiger partial charge in [-0.1, -0.05) is 49.1 Å². The minimum atomic E-state index is -1.15. The molecule has 18 heavy (non-hydrogen) atoms. The zero-order valence-electron chi connectivity index (χ0n) is 11.3. The monoisotopic (exact) mass is 276 g/mol. The Morgan fingerprint density at radius 3 is 2.28 bits per heavy atom. The van der Waals surface area contributed by atoms with Crippen LogP contribution in [-0.4, -0.2) is 8.07 Å². The molecule has 0 unspecified atom stereocenters. The van der Waals surface area contributed by atoms with Crippen molar-refractivity contribution >= 4 is 25.0 Å². The summed E-state index contributed by atoms with van der Waals surface area (Å²) >= 11 is 1.90. The van der Waals surface area contributed by atoms with Gasteiger partial charge in [-0.05, 0) is 17.7 Å². The molecule has 0 radical (unpaired) electrons. The van der Waals surface area contributed by atoms with E-state index < -0.39 is 8.07 Å². The molecule has 96 valence electrons. The average Bonchev–Trinajstić information content (AvgIpc) is 2.82. The van der Waals surface area contributed by atoms with Gasteiger partial charge in [-0.3, -0.25) is 0 Å². The molecule has 0 aliphatic rings. The maximum absolute atomic E-state index is 5.32. The van der Waals surface area contributed by atoms with Crippen molar-refractivity contribution in [2.75, 3.05) is 0 Å². The lowest BCUT2D eigenvalue weighted by atomic mass is 10.2. The van der Waals surface area contributed by atoms with Crippen molar-refractivity contribution in [2.45, 2.75) is 31.1 Å². The van der Waals surface area contributed by atoms with Gasteiger partial charge in [0.2, 0.25) is 0 Å². The molecule has 1 heterocycles. The highest BCUT2D eigenvalue weighted by Crippen LogP contribution is 2.18. The fraction of sp³-hybridized carbons (Fsp3) is 0.333. The van der Waals surface area contributed by atoms with Gasteiger partial charge in [-0.25, -0.2) is 0 Å². The predicted molar refractivity (Wildman–Crippen MR) is 83.1 cm³/mol. The van der Waals surface area contributed by atoms with Crippen molar-refractivity contribution < 1.29 is 4.42 Å². The Bertz CT molecular complexity index is 468. The standard InChI is InChI=1S/C15H20OSSi/c1-18(2,3)15-8-6-13(7-9-15)11-17-12-14-5-4-10-16-14/h4-10H,11-12H2,1-3H3. The van der Waals surface area contributed by atoms with Crippen LogP contribution in [0.1, 0.15) is 11.3 Å². The van der Waals surface area contributed by atoms with Crippen LogP contribution in [-0.2, 0) is 11.5 Å². The van der Waals surface area contributed by atoms with Crippen LogP contribution < -0.4 is 5.19 Å². The molecule has 2 aromatic rings. The highest BCUT2D eigenvalue weighted by Gasteiger charge is 2.15. The van der Waals surface area contributed by atoms with Crippen molar-refractivity contribution in [3.05, 3.63) is 54.0 Å². The van der Waals surface area contributed by atoms with E-state index in [1.807, 2.05) is 23.9 Å². The normalized spacial score (nSPS) is 11.7. The third-order valence-electron chi connectivity index (χ3n) is 2.91. The first kappa shape index (κ1) is 13.5. The maximum atomic E-state index is 5.32. The third kappa shape index (κ3) is 3.78. The Labute approximate surface area is 115 Å². The molecular weight excluding hydrogens is 256 g/mol. The van der Waals surface area contributed by atoms with Gasteiger partial charge in [0.1, 0.15) is 5.76 Å². The summed E-state index contributed by atoms with van der Waals surface area (Å²) in [6.45, 7) is 7.15. The minimum Gasteiger partial charge on any atom is -0.468 e. The third-order valence-corrected chi connectivity index (χ3v) is 6.00. The molecule has 0 N–H and O–H groups in total. The van der Waals surface area contributed by atoms with Gasteiger partial charge >= 0.3 is 0 Å². The molecule has 0 atom stereocenters. The molecule has 3 heteroatoms. The van der Waals surface area contributed by atoms with E-state index in [9.17, 15) is 0 Å². The highest BCUT2D eigenvalue weighted by atomic mass is 32.2. The number of furan rings is 1. The Morgan fingerprint density at radius 1 is 1.00 bits per heavy atom. The molecule has 0 amide bonds. The van der Waals surface area contributed by atoms with Crippen LogP contribution in [0.2, 0.25) is 19.6 Å². The van der Waals surface area contributed by atoms with E-state index in [0.29, 0.717) is 0 Å². The molecule has 0 aliphatic heterocycles. The van der Waals surface area contributed by atoms with Crippen LogP contribution in [0.25, 0.3) is 0 Å². The van der Waals surface area contributed by atoms with Crippen LogP contribution >= 0.6 is 11.8 Å². The van der Waals surface area contributed by atoms with E-state index in [1.165, 1.54) is 10.8 Å². The van der Waals surface area contributed by atoms with E-state index in [1.54, 1.807) is 6.26 Å². The van der Waals surface area contributed by atoms with Crippen LogP contribution in [0.5, 0.6) is 0 Å². The van der Waals surface area contributed by atoms with Crippen molar-refractivity contribution in [1.29, 1.82) is 0 Å². The molecule has 0 aliphatic carbocycles. The van der Waals surface area contributed by atoms with E-state index >= 15 is 0 Å². The SMILES string of the molecule is C[Si](C)(C)c1ccc(CSCc2ccco2)cc1. The summed E-state index contributed by atoms with van der Waals surface area (Å²) in [5, 5.41) is 1.53. The molecule has 1 aromatic carbocycles. The first-order valence-electron chi connectivity index (χ1n) is 6.25. The van der Waals surface area contributed by atoms with E-state index in [0.717, 1.165) is 17.3 Å². The average molecular weight is 276 g/mol. The summed E-state index contributed by atoms with van der Waals surface area (Å²) in [6.07, 6.45) is 1.73. The van der Waals surface area contributed by atoms with Gasteiger partial charge in [-0.15, -0.1) is 11.8 Å². The lowest BCUT2D eigenvalue weighted by Crippen LogP contribution is -2.37. The second-order valence-corrected chi connectivity index (χ2v) is 11.6. The first-order chi connectivity index (χ1) is 8.55. The Hall–Kier alpha value is -0.933. The summed E-state index contributed by atoms with van der Waals surface area (Å²) < 4.78 is 5.32. The Morgan fingerprint density at radius 2 is 1.72 bits per heavy atom. The van der Waals surface area contributed by atoms with Crippen molar-refractivity contribution in [3.8, 4) is 0 Å². The van der Waals surface area contributed by atoms with Gasteiger partial charge in [0.25, 0.3) is 0 Å². The molecule has 0 spiro atoms. The summed E-state index contributed by atoms with van der Waals surface area (Å²) in [7, 11) is -1.15. The molecule has 0 fully saturated rings. The second kappa shape index (κ2) is 5.80. The molecule has 0 saturated heterocycles. The van der Waals surface area contributed by atoms with Gasteiger partial charge in [0.15, 0.2) is 0 Å². The minimum absolute atomic E-state index is 0.947. The van der Waals surface area contributed by atoms with Crippen LogP contribution in [0.15, 0.2) is 47.1 Å². The largest absolute Gasteiger partial charge is 0.468 e. The summed E-state index contributed by atoms with van der Waals surface area (Å²) in [5.41, 5.74) is 1.40. The van der Waals surface area contributed by atoms with Crippen LogP contribution in [0.4, 0.5) is 0 Å². The number of benzene rings is 1. The van der Waals surface area contributed by atoms with Gasteiger partial charge in [-0.2, -0.15) is 0 Å². The van der Waals surface area contributed by atoms with Crippen molar-refractivity contribution in [3.63, 3.8) is 0 Å². The number of rotatable bonds is 5. The van der Waals surface area contributed by atoms with Gasteiger partial charge < -0.3 is 4.42 Å². The van der Waals surface area contributed by atoms with E-state index in [-0.39, 0.29) is 0 Å². The molecule has 2 rings (SSSR count). The molecular formula is C15H20OSSi.